The van der Waals surface area contributed by atoms with Crippen LogP contribution >= 0.6 is 0 Å². The molecule has 2 aliphatic heterocycles. The monoisotopic (exact) mass is 464 g/mol. The van der Waals surface area contributed by atoms with E-state index in [0.717, 1.165) is 70.0 Å². The molecule has 2 fully saturated rings. The van der Waals surface area contributed by atoms with Crippen LogP contribution in [-0.4, -0.2) is 69.2 Å². The van der Waals surface area contributed by atoms with Crippen LogP contribution in [0.3, 0.4) is 0 Å². The fraction of sp³-hybridized carbons (Fsp3) is 0.481. The molecule has 1 atom stereocenters. The van der Waals surface area contributed by atoms with Gasteiger partial charge in [-0.05, 0) is 43.0 Å². The largest absolute Gasteiger partial charge is 0.379 e. The van der Waals surface area contributed by atoms with Crippen LogP contribution in [0.1, 0.15) is 48.0 Å². The van der Waals surface area contributed by atoms with Crippen molar-refractivity contribution in [2.75, 3.05) is 62.7 Å². The molecular formula is C27H36N4O3. The van der Waals surface area contributed by atoms with Crippen LogP contribution < -0.4 is 15.5 Å². The van der Waals surface area contributed by atoms with E-state index < -0.39 is 0 Å². The summed E-state index contributed by atoms with van der Waals surface area (Å²) in [5.74, 6) is -0.382. The molecule has 34 heavy (non-hydrogen) atoms. The SMILES string of the molecule is CCC(C(=O)Nc1ccc(N2CCCC2)c(C(=O)NCCN2CCOCC2)c1)c1ccccc1. The fourth-order valence-electron chi connectivity index (χ4n) is 4.76. The average molecular weight is 465 g/mol. The van der Waals surface area contributed by atoms with Crippen LogP contribution in [0.4, 0.5) is 11.4 Å². The highest BCUT2D eigenvalue weighted by molar-refractivity contribution is 6.03. The summed E-state index contributed by atoms with van der Waals surface area (Å²) in [6.45, 7) is 8.60. The van der Waals surface area contributed by atoms with Crippen LogP contribution in [0.25, 0.3) is 0 Å². The topological polar surface area (TPSA) is 73.9 Å². The molecule has 7 heteroatoms. The summed E-state index contributed by atoms with van der Waals surface area (Å²) in [5, 5.41) is 6.14. The van der Waals surface area contributed by atoms with Crippen molar-refractivity contribution in [3.63, 3.8) is 0 Å². The molecule has 4 rings (SSSR count). The molecule has 2 N–H and O–H groups in total. The first-order valence-electron chi connectivity index (χ1n) is 12.5. The van der Waals surface area contributed by atoms with E-state index in [1.807, 2.05) is 55.5 Å². The maximum Gasteiger partial charge on any atom is 0.253 e. The van der Waals surface area contributed by atoms with E-state index in [2.05, 4.69) is 20.4 Å². The summed E-state index contributed by atoms with van der Waals surface area (Å²) in [4.78, 5) is 30.9. The molecular weight excluding hydrogens is 428 g/mol. The van der Waals surface area contributed by atoms with Crippen LogP contribution in [-0.2, 0) is 9.53 Å². The van der Waals surface area contributed by atoms with Crippen LogP contribution in [0, 0.1) is 0 Å². The number of hydrogen-bond donors (Lipinski definition) is 2. The molecule has 0 saturated carbocycles. The van der Waals surface area contributed by atoms with E-state index in [9.17, 15) is 9.59 Å². The molecule has 2 amide bonds. The van der Waals surface area contributed by atoms with Gasteiger partial charge in [0.1, 0.15) is 0 Å². The number of anilines is 2. The molecule has 2 aromatic rings. The van der Waals surface area contributed by atoms with Gasteiger partial charge in [-0.15, -0.1) is 0 Å². The summed E-state index contributed by atoms with van der Waals surface area (Å²) in [7, 11) is 0. The highest BCUT2D eigenvalue weighted by atomic mass is 16.5. The first-order chi connectivity index (χ1) is 16.7. The van der Waals surface area contributed by atoms with Crippen molar-refractivity contribution in [3.05, 3.63) is 59.7 Å². The zero-order chi connectivity index (χ0) is 23.8. The van der Waals surface area contributed by atoms with E-state index in [1.165, 1.54) is 0 Å². The number of rotatable bonds is 9. The second kappa shape index (κ2) is 12.0. The van der Waals surface area contributed by atoms with Gasteiger partial charge in [-0.25, -0.2) is 0 Å². The third-order valence-corrected chi connectivity index (χ3v) is 6.70. The van der Waals surface area contributed by atoms with Crippen LogP contribution in [0.2, 0.25) is 0 Å². The van der Waals surface area contributed by atoms with Crippen molar-refractivity contribution in [3.8, 4) is 0 Å². The second-order valence-electron chi connectivity index (χ2n) is 9.00. The maximum absolute atomic E-state index is 13.2. The Balaban J connectivity index is 1.47. The predicted octanol–water partition coefficient (Wildman–Crippen LogP) is 3.48. The molecule has 7 nitrogen and oxygen atoms in total. The van der Waals surface area contributed by atoms with Gasteiger partial charge in [0, 0.05) is 50.6 Å². The third kappa shape index (κ3) is 6.15. The standard InChI is InChI=1S/C27H36N4O3/c1-2-23(21-8-4-3-5-9-21)27(33)29-22-10-11-25(31-13-6-7-14-31)24(20-22)26(32)28-12-15-30-16-18-34-19-17-30/h3-5,8-11,20,23H,2,6-7,12-19H2,1H3,(H,28,32)(H,29,33). The summed E-state index contributed by atoms with van der Waals surface area (Å²) in [6, 6.07) is 15.5. The Morgan fingerprint density at radius 2 is 1.74 bits per heavy atom. The predicted molar refractivity (Wildman–Crippen MR) is 136 cm³/mol. The van der Waals surface area contributed by atoms with E-state index in [4.69, 9.17) is 4.74 Å². The minimum atomic E-state index is -0.231. The first kappa shape index (κ1) is 24.2. The van der Waals surface area contributed by atoms with Gasteiger partial charge in [0.15, 0.2) is 0 Å². The van der Waals surface area contributed by atoms with Gasteiger partial charge in [-0.1, -0.05) is 37.3 Å². The van der Waals surface area contributed by atoms with Crippen LogP contribution in [0.5, 0.6) is 0 Å². The number of carbonyl (C=O) groups is 2. The third-order valence-electron chi connectivity index (χ3n) is 6.70. The van der Waals surface area contributed by atoms with E-state index in [0.29, 0.717) is 24.2 Å². The Morgan fingerprint density at radius 3 is 2.44 bits per heavy atom. The minimum absolute atomic E-state index is 0.0544. The molecule has 182 valence electrons. The number of carbonyl (C=O) groups excluding carboxylic acids is 2. The van der Waals surface area contributed by atoms with Gasteiger partial charge in [-0.2, -0.15) is 0 Å². The molecule has 2 aromatic carbocycles. The smallest absolute Gasteiger partial charge is 0.253 e. The van der Waals surface area contributed by atoms with E-state index in [1.54, 1.807) is 0 Å². The quantitative estimate of drug-likeness (QED) is 0.594. The molecule has 2 saturated heterocycles. The number of nitrogens with zero attached hydrogens (tertiary/aromatic N) is 2. The lowest BCUT2D eigenvalue weighted by Crippen LogP contribution is -2.41. The highest BCUT2D eigenvalue weighted by Gasteiger charge is 2.23. The summed E-state index contributed by atoms with van der Waals surface area (Å²) >= 11 is 0. The number of amides is 2. The van der Waals surface area contributed by atoms with Crippen LogP contribution in [0.15, 0.2) is 48.5 Å². The van der Waals surface area contributed by atoms with Gasteiger partial charge < -0.3 is 20.3 Å². The minimum Gasteiger partial charge on any atom is -0.379 e. The molecule has 2 heterocycles. The number of nitrogens with one attached hydrogen (secondary N) is 2. The lowest BCUT2D eigenvalue weighted by Gasteiger charge is -2.26. The average Bonchev–Trinajstić information content (AvgIpc) is 3.41. The Bertz CT molecular complexity index is 954. The Kier molecular flexibility index (Phi) is 8.55. The summed E-state index contributed by atoms with van der Waals surface area (Å²) < 4.78 is 5.40. The molecule has 0 spiro atoms. The number of benzene rings is 2. The van der Waals surface area contributed by atoms with Crippen molar-refractivity contribution in [2.24, 2.45) is 0 Å². The van der Waals surface area contributed by atoms with Gasteiger partial charge in [0.25, 0.3) is 5.91 Å². The van der Waals surface area contributed by atoms with Crippen molar-refractivity contribution in [1.29, 1.82) is 0 Å². The normalized spacial score (nSPS) is 17.4. The zero-order valence-corrected chi connectivity index (χ0v) is 20.1. The van der Waals surface area contributed by atoms with Gasteiger partial charge in [0.05, 0.1) is 24.7 Å². The maximum atomic E-state index is 13.2. The number of morpholine rings is 1. The highest BCUT2D eigenvalue weighted by Crippen LogP contribution is 2.29. The molecule has 0 aromatic heterocycles. The summed E-state index contributed by atoms with van der Waals surface area (Å²) in [6.07, 6.45) is 2.97. The molecule has 2 aliphatic rings. The van der Waals surface area contributed by atoms with Crippen molar-refractivity contribution < 1.29 is 14.3 Å². The van der Waals surface area contributed by atoms with E-state index in [-0.39, 0.29) is 17.7 Å². The molecule has 0 bridgehead atoms. The number of ether oxygens (including phenoxy) is 1. The molecule has 0 radical (unpaired) electrons. The molecule has 0 aliphatic carbocycles. The van der Waals surface area contributed by atoms with Crippen molar-refractivity contribution in [2.45, 2.75) is 32.1 Å². The Labute approximate surface area is 202 Å². The van der Waals surface area contributed by atoms with Crippen molar-refractivity contribution in [1.82, 2.24) is 10.2 Å². The summed E-state index contributed by atoms with van der Waals surface area (Å²) in [5.41, 5.74) is 3.21. The zero-order valence-electron chi connectivity index (χ0n) is 20.1. The fourth-order valence-corrected chi connectivity index (χ4v) is 4.76. The van der Waals surface area contributed by atoms with Gasteiger partial charge >= 0.3 is 0 Å². The van der Waals surface area contributed by atoms with Gasteiger partial charge in [0.2, 0.25) is 5.91 Å². The first-order valence-corrected chi connectivity index (χ1v) is 12.5. The lowest BCUT2D eigenvalue weighted by molar-refractivity contribution is -0.117. The van der Waals surface area contributed by atoms with Crippen molar-refractivity contribution >= 4 is 23.2 Å². The lowest BCUT2D eigenvalue weighted by atomic mass is 9.95. The van der Waals surface area contributed by atoms with Gasteiger partial charge in [-0.3, -0.25) is 14.5 Å². The second-order valence-corrected chi connectivity index (χ2v) is 9.00. The molecule has 1 unspecified atom stereocenters. The number of hydrogen-bond acceptors (Lipinski definition) is 5. The van der Waals surface area contributed by atoms with E-state index >= 15 is 0 Å². The Hall–Kier alpha value is -2.90. The Morgan fingerprint density at radius 1 is 1.00 bits per heavy atom.